The summed E-state index contributed by atoms with van der Waals surface area (Å²) in [7, 11) is 1.45. The number of hydrogen-bond donors (Lipinski definition) is 2. The minimum absolute atomic E-state index is 0.209. The second-order valence-corrected chi connectivity index (χ2v) is 9.89. The molecule has 0 bridgehead atoms. The van der Waals surface area contributed by atoms with Crippen LogP contribution in [0, 0.1) is 6.92 Å². The van der Waals surface area contributed by atoms with Gasteiger partial charge in [-0.15, -0.1) is 0 Å². The largest absolute Gasteiger partial charge is 0.493 e. The van der Waals surface area contributed by atoms with Crippen molar-refractivity contribution in [2.24, 2.45) is 0 Å². The van der Waals surface area contributed by atoms with Crippen molar-refractivity contribution in [3.8, 4) is 17.2 Å². The molecule has 11 heteroatoms. The highest BCUT2D eigenvalue weighted by Gasteiger charge is 2.37. The van der Waals surface area contributed by atoms with Crippen LogP contribution in [0.25, 0.3) is 6.08 Å². The average molecular weight is 622 g/mol. The van der Waals surface area contributed by atoms with Crippen LogP contribution >= 0.6 is 15.9 Å². The van der Waals surface area contributed by atoms with Crippen molar-refractivity contribution in [1.29, 1.82) is 0 Å². The number of halogens is 1. The van der Waals surface area contributed by atoms with E-state index >= 15 is 0 Å². The maximum atomic E-state index is 13.3. The first-order valence-corrected chi connectivity index (χ1v) is 13.5. The van der Waals surface area contributed by atoms with E-state index in [1.54, 1.807) is 30.3 Å². The fourth-order valence-corrected chi connectivity index (χ4v) is 4.48. The molecule has 0 radical (unpaired) electrons. The van der Waals surface area contributed by atoms with Crippen LogP contribution in [0.5, 0.6) is 17.2 Å². The first-order chi connectivity index (χ1) is 19.7. The summed E-state index contributed by atoms with van der Waals surface area (Å²) >= 11 is 3.41. The molecule has 3 aromatic carbocycles. The summed E-state index contributed by atoms with van der Waals surface area (Å²) in [6.45, 7) is 4.14. The molecule has 0 aliphatic carbocycles. The maximum absolute atomic E-state index is 13.3. The van der Waals surface area contributed by atoms with Gasteiger partial charge in [0.1, 0.15) is 11.3 Å². The summed E-state index contributed by atoms with van der Waals surface area (Å²) in [4.78, 5) is 51.8. The van der Waals surface area contributed by atoms with Crippen molar-refractivity contribution in [3.05, 3.63) is 81.8 Å². The predicted molar refractivity (Wildman–Crippen MR) is 157 cm³/mol. The zero-order valence-electron chi connectivity index (χ0n) is 22.7. The number of barbiturate groups is 1. The van der Waals surface area contributed by atoms with Gasteiger partial charge in [0.15, 0.2) is 18.1 Å². The Bertz CT molecular complexity index is 1540. The Balaban J connectivity index is 1.49. The number of urea groups is 1. The van der Waals surface area contributed by atoms with Crippen LogP contribution in [0.3, 0.4) is 0 Å². The van der Waals surface area contributed by atoms with Gasteiger partial charge in [0, 0.05) is 11.8 Å². The van der Waals surface area contributed by atoms with Crippen LogP contribution in [0.1, 0.15) is 24.5 Å². The van der Waals surface area contributed by atoms with Gasteiger partial charge in [0.2, 0.25) is 0 Å². The van der Waals surface area contributed by atoms with Gasteiger partial charge in [-0.2, -0.15) is 0 Å². The van der Waals surface area contributed by atoms with Gasteiger partial charge in [-0.05, 0) is 82.9 Å². The number of rotatable bonds is 10. The lowest BCUT2D eigenvalue weighted by Gasteiger charge is -2.27. The first kappa shape index (κ1) is 29.3. The van der Waals surface area contributed by atoms with Crippen LogP contribution in [-0.4, -0.2) is 44.1 Å². The highest BCUT2D eigenvalue weighted by Crippen LogP contribution is 2.34. The minimum Gasteiger partial charge on any atom is -0.493 e. The normalized spacial score (nSPS) is 14.1. The van der Waals surface area contributed by atoms with Crippen molar-refractivity contribution < 1.29 is 33.4 Å². The molecule has 0 saturated carbocycles. The molecule has 0 aromatic heterocycles. The van der Waals surface area contributed by atoms with Gasteiger partial charge in [-0.3, -0.25) is 19.7 Å². The summed E-state index contributed by atoms with van der Waals surface area (Å²) in [5.41, 5.74) is 2.14. The first-order valence-electron chi connectivity index (χ1n) is 12.7. The minimum atomic E-state index is -0.879. The Kier molecular flexibility index (Phi) is 9.41. The van der Waals surface area contributed by atoms with E-state index in [2.05, 4.69) is 26.6 Å². The molecule has 2 N–H and O–H groups in total. The lowest BCUT2D eigenvalue weighted by Crippen LogP contribution is -2.54. The van der Waals surface area contributed by atoms with Crippen molar-refractivity contribution in [3.63, 3.8) is 0 Å². The van der Waals surface area contributed by atoms with E-state index in [0.29, 0.717) is 39.6 Å². The molecule has 212 valence electrons. The van der Waals surface area contributed by atoms with Crippen LogP contribution in [0.4, 0.5) is 16.2 Å². The number of anilines is 2. The number of carbonyl (C=O) groups is 4. The Hall–Kier alpha value is -4.64. The average Bonchev–Trinajstić information content (AvgIpc) is 2.94. The van der Waals surface area contributed by atoms with E-state index in [-0.39, 0.29) is 23.8 Å². The zero-order chi connectivity index (χ0) is 29.5. The van der Waals surface area contributed by atoms with Gasteiger partial charge in [0.25, 0.3) is 17.7 Å². The van der Waals surface area contributed by atoms with Crippen LogP contribution in [0.15, 0.2) is 70.7 Å². The molecule has 0 spiro atoms. The summed E-state index contributed by atoms with van der Waals surface area (Å²) in [5, 5.41) is 4.97. The fraction of sp³-hybridized carbons (Fsp3) is 0.200. The molecule has 10 nitrogen and oxygen atoms in total. The molecule has 3 aromatic rings. The Morgan fingerprint density at radius 2 is 1.78 bits per heavy atom. The molecule has 1 aliphatic rings. The van der Waals surface area contributed by atoms with E-state index in [1.165, 1.54) is 25.3 Å². The number of hydrogen-bond acceptors (Lipinski definition) is 7. The van der Waals surface area contributed by atoms with E-state index in [9.17, 15) is 19.2 Å². The maximum Gasteiger partial charge on any atom is 0.335 e. The van der Waals surface area contributed by atoms with Gasteiger partial charge < -0.3 is 19.5 Å². The monoisotopic (exact) mass is 621 g/mol. The lowest BCUT2D eigenvalue weighted by atomic mass is 10.1. The number of aryl methyl sites for hydroxylation is 1. The smallest absolute Gasteiger partial charge is 0.335 e. The van der Waals surface area contributed by atoms with E-state index in [1.807, 2.05) is 32.0 Å². The number of nitrogens with one attached hydrogen (secondary N) is 2. The second kappa shape index (κ2) is 13.1. The third-order valence-corrected chi connectivity index (χ3v) is 6.52. The highest BCUT2D eigenvalue weighted by molar-refractivity contribution is 9.10. The van der Waals surface area contributed by atoms with Crippen molar-refractivity contribution in [2.45, 2.75) is 20.3 Å². The Labute approximate surface area is 245 Å². The molecule has 0 unspecified atom stereocenters. The number of imide groups is 2. The number of ether oxygens (including phenoxy) is 3. The molecule has 5 amide bonds. The van der Waals surface area contributed by atoms with E-state index < -0.39 is 17.8 Å². The van der Waals surface area contributed by atoms with Gasteiger partial charge >= 0.3 is 6.03 Å². The van der Waals surface area contributed by atoms with Gasteiger partial charge in [-0.1, -0.05) is 25.1 Å². The molecular formula is C30H28BrN3O7. The summed E-state index contributed by atoms with van der Waals surface area (Å²) in [6.07, 6.45) is 2.16. The third-order valence-electron chi connectivity index (χ3n) is 5.90. The molecule has 41 heavy (non-hydrogen) atoms. The van der Waals surface area contributed by atoms with Crippen LogP contribution in [0.2, 0.25) is 0 Å². The number of methoxy groups -OCH3 is 1. The molecule has 0 atom stereocenters. The van der Waals surface area contributed by atoms with Crippen molar-refractivity contribution in [1.82, 2.24) is 5.32 Å². The summed E-state index contributed by atoms with van der Waals surface area (Å²) in [6, 6.07) is 16.0. The molecule has 1 fully saturated rings. The van der Waals surface area contributed by atoms with Gasteiger partial charge in [-0.25, -0.2) is 9.69 Å². The molecular weight excluding hydrogens is 594 g/mol. The van der Waals surface area contributed by atoms with E-state index in [4.69, 9.17) is 14.2 Å². The van der Waals surface area contributed by atoms with Crippen molar-refractivity contribution >= 4 is 57.1 Å². The van der Waals surface area contributed by atoms with Crippen molar-refractivity contribution in [2.75, 3.05) is 30.5 Å². The third kappa shape index (κ3) is 7.12. The van der Waals surface area contributed by atoms with E-state index in [0.717, 1.165) is 16.9 Å². The summed E-state index contributed by atoms with van der Waals surface area (Å²) < 4.78 is 17.1. The number of carbonyl (C=O) groups excluding carboxylic acids is 4. The molecule has 1 heterocycles. The number of benzene rings is 3. The standard InChI is InChI=1S/C30H28BrN3O7/c1-4-12-40-25-11-9-21(16-26(25)39-3)34-29(37)22(28(36)33-30(34)38)14-19-8-10-24(23(31)15-19)41-17-27(35)32-20-7-5-6-18(2)13-20/h5-11,13-16H,4,12,17H2,1-3H3,(H,32,35)(H,33,36,38)/b22-14-. The Morgan fingerprint density at radius 3 is 2.49 bits per heavy atom. The Morgan fingerprint density at radius 1 is 1.00 bits per heavy atom. The lowest BCUT2D eigenvalue weighted by molar-refractivity contribution is -0.122. The molecule has 4 rings (SSSR count). The predicted octanol–water partition coefficient (Wildman–Crippen LogP) is 5.24. The number of nitrogens with zero attached hydrogens (tertiary/aromatic N) is 1. The quantitative estimate of drug-likeness (QED) is 0.234. The second-order valence-electron chi connectivity index (χ2n) is 9.04. The SMILES string of the molecule is CCCOc1ccc(N2C(=O)NC(=O)/C(=C/c3ccc(OCC(=O)Nc4cccc(C)c4)c(Br)c3)C2=O)cc1OC. The molecule has 1 aliphatic heterocycles. The summed E-state index contributed by atoms with van der Waals surface area (Å²) in [5.74, 6) is -0.756. The van der Waals surface area contributed by atoms with Crippen LogP contribution in [-0.2, 0) is 14.4 Å². The van der Waals surface area contributed by atoms with Crippen LogP contribution < -0.4 is 29.7 Å². The highest BCUT2D eigenvalue weighted by atomic mass is 79.9. The number of amides is 5. The fourth-order valence-electron chi connectivity index (χ4n) is 3.97. The van der Waals surface area contributed by atoms with Gasteiger partial charge in [0.05, 0.1) is 23.9 Å². The molecule has 1 saturated heterocycles. The topological polar surface area (TPSA) is 123 Å². The zero-order valence-corrected chi connectivity index (χ0v) is 24.2.